The molecule has 2 heterocycles. The zero-order chi connectivity index (χ0) is 15.5. The molecule has 0 radical (unpaired) electrons. The Morgan fingerprint density at radius 1 is 1.19 bits per heavy atom. The van der Waals surface area contributed by atoms with Crippen LogP contribution in [-0.4, -0.2) is 78.3 Å². The fraction of sp³-hybridized carbons (Fsp3) is 0.769. The van der Waals surface area contributed by atoms with Gasteiger partial charge >= 0.3 is 5.97 Å². The maximum absolute atomic E-state index is 12.6. The molecule has 0 aromatic heterocycles. The van der Waals surface area contributed by atoms with Crippen LogP contribution in [0.15, 0.2) is 0 Å². The third kappa shape index (κ3) is 3.55. The van der Waals surface area contributed by atoms with Gasteiger partial charge in [0.1, 0.15) is 6.04 Å². The minimum absolute atomic E-state index is 0.282. The molecule has 0 bridgehead atoms. The van der Waals surface area contributed by atoms with Crippen molar-refractivity contribution < 1.29 is 18.3 Å². The molecule has 2 rings (SSSR count). The van der Waals surface area contributed by atoms with Crippen LogP contribution in [0.25, 0.3) is 0 Å². The van der Waals surface area contributed by atoms with E-state index in [-0.39, 0.29) is 6.54 Å². The maximum Gasteiger partial charge on any atom is 0.322 e. The van der Waals surface area contributed by atoms with Gasteiger partial charge in [0.2, 0.25) is 0 Å². The summed E-state index contributed by atoms with van der Waals surface area (Å²) in [7, 11) is -3.71. The normalized spacial score (nSPS) is 26.3. The number of carboxylic acid groups (broad SMARTS) is 1. The molecule has 2 saturated heterocycles. The number of terminal acetylenes is 1. The van der Waals surface area contributed by atoms with E-state index in [1.807, 2.05) is 4.90 Å². The second kappa shape index (κ2) is 6.75. The molecule has 0 amide bonds. The average Bonchev–Trinajstić information content (AvgIpc) is 2.48. The summed E-state index contributed by atoms with van der Waals surface area (Å²) in [6, 6.07) is -0.938. The highest BCUT2D eigenvalue weighted by Gasteiger charge is 2.40. The Hall–Kier alpha value is -1.14. The van der Waals surface area contributed by atoms with Gasteiger partial charge in [-0.15, -0.1) is 6.42 Å². The Balaban J connectivity index is 2.07. The number of hydrogen-bond donors (Lipinski definition) is 1. The standard InChI is InChI=1S/C13H21N3O4S/c1-2-6-14-8-10-15(11-9-14)21(19,20)16-7-4-3-5-12(16)13(17)18/h1,12H,3-11H2,(H,17,18). The van der Waals surface area contributed by atoms with Crippen molar-refractivity contribution >= 4 is 16.2 Å². The monoisotopic (exact) mass is 315 g/mol. The molecule has 118 valence electrons. The molecule has 1 unspecified atom stereocenters. The first-order valence-corrected chi connectivity index (χ1v) is 8.52. The fourth-order valence-corrected chi connectivity index (χ4v) is 4.62. The second-order valence-electron chi connectivity index (χ2n) is 5.35. The molecule has 8 heteroatoms. The van der Waals surface area contributed by atoms with E-state index < -0.39 is 22.2 Å². The summed E-state index contributed by atoms with van der Waals surface area (Å²) in [5, 5.41) is 9.23. The highest BCUT2D eigenvalue weighted by Crippen LogP contribution is 2.23. The predicted molar refractivity (Wildman–Crippen MR) is 77.7 cm³/mol. The van der Waals surface area contributed by atoms with Gasteiger partial charge in [-0.2, -0.15) is 17.0 Å². The lowest BCUT2D eigenvalue weighted by Gasteiger charge is -2.39. The third-order valence-corrected chi connectivity index (χ3v) is 6.06. The van der Waals surface area contributed by atoms with Crippen LogP contribution in [-0.2, 0) is 15.0 Å². The van der Waals surface area contributed by atoms with Gasteiger partial charge in [0, 0.05) is 32.7 Å². The maximum atomic E-state index is 12.6. The second-order valence-corrected chi connectivity index (χ2v) is 7.23. The average molecular weight is 315 g/mol. The Bertz CT molecular complexity index is 520. The van der Waals surface area contributed by atoms with Gasteiger partial charge in [0.05, 0.1) is 6.54 Å². The Morgan fingerprint density at radius 3 is 2.43 bits per heavy atom. The van der Waals surface area contributed by atoms with E-state index in [9.17, 15) is 18.3 Å². The van der Waals surface area contributed by atoms with Crippen LogP contribution in [0.4, 0.5) is 0 Å². The van der Waals surface area contributed by atoms with E-state index in [0.29, 0.717) is 45.6 Å². The van der Waals surface area contributed by atoms with Crippen LogP contribution in [0.1, 0.15) is 19.3 Å². The van der Waals surface area contributed by atoms with Crippen LogP contribution < -0.4 is 0 Å². The third-order valence-electron chi connectivity index (χ3n) is 4.01. The largest absolute Gasteiger partial charge is 0.480 e. The molecule has 7 nitrogen and oxygen atoms in total. The van der Waals surface area contributed by atoms with Crippen LogP contribution in [0.3, 0.4) is 0 Å². The van der Waals surface area contributed by atoms with Crippen molar-refractivity contribution in [3.63, 3.8) is 0 Å². The number of carboxylic acids is 1. The van der Waals surface area contributed by atoms with Crippen LogP contribution in [0.2, 0.25) is 0 Å². The van der Waals surface area contributed by atoms with Crippen molar-refractivity contribution in [2.75, 3.05) is 39.3 Å². The minimum atomic E-state index is -3.71. The van der Waals surface area contributed by atoms with Crippen molar-refractivity contribution in [1.29, 1.82) is 0 Å². The van der Waals surface area contributed by atoms with Crippen molar-refractivity contribution in [2.24, 2.45) is 0 Å². The molecule has 1 N–H and O–H groups in total. The summed E-state index contributed by atoms with van der Waals surface area (Å²) in [4.78, 5) is 13.3. The molecule has 1 atom stereocenters. The van der Waals surface area contributed by atoms with Crippen molar-refractivity contribution in [3.8, 4) is 12.3 Å². The number of piperidine rings is 1. The van der Waals surface area contributed by atoms with Crippen molar-refractivity contribution in [1.82, 2.24) is 13.5 Å². The van der Waals surface area contributed by atoms with E-state index in [1.165, 1.54) is 4.31 Å². The van der Waals surface area contributed by atoms with Gasteiger partial charge in [-0.05, 0) is 19.3 Å². The van der Waals surface area contributed by atoms with Crippen LogP contribution in [0, 0.1) is 12.3 Å². The molecule has 0 saturated carbocycles. The topological polar surface area (TPSA) is 81.2 Å². The highest BCUT2D eigenvalue weighted by atomic mass is 32.2. The van der Waals surface area contributed by atoms with E-state index >= 15 is 0 Å². The van der Waals surface area contributed by atoms with Crippen molar-refractivity contribution in [2.45, 2.75) is 25.3 Å². The fourth-order valence-electron chi connectivity index (χ4n) is 2.82. The summed E-state index contributed by atoms with van der Waals surface area (Å²) >= 11 is 0. The summed E-state index contributed by atoms with van der Waals surface area (Å²) in [6.07, 6.45) is 7.09. The lowest BCUT2D eigenvalue weighted by atomic mass is 10.1. The lowest BCUT2D eigenvalue weighted by molar-refractivity contribution is -0.142. The van der Waals surface area contributed by atoms with Crippen LogP contribution in [0.5, 0.6) is 0 Å². The van der Waals surface area contributed by atoms with E-state index in [4.69, 9.17) is 6.42 Å². The van der Waals surface area contributed by atoms with Gasteiger partial charge in [0.15, 0.2) is 0 Å². The first-order valence-electron chi connectivity index (χ1n) is 7.12. The number of hydrogen-bond acceptors (Lipinski definition) is 4. The lowest BCUT2D eigenvalue weighted by Crippen LogP contribution is -2.57. The quantitative estimate of drug-likeness (QED) is 0.702. The van der Waals surface area contributed by atoms with Gasteiger partial charge in [-0.1, -0.05) is 5.92 Å². The minimum Gasteiger partial charge on any atom is -0.480 e. The van der Waals surface area contributed by atoms with Gasteiger partial charge in [-0.3, -0.25) is 9.69 Å². The Labute approximate surface area is 125 Å². The number of carbonyl (C=O) groups is 1. The van der Waals surface area contributed by atoms with Gasteiger partial charge < -0.3 is 5.11 Å². The molecular formula is C13H21N3O4S. The molecule has 0 aliphatic carbocycles. The molecular weight excluding hydrogens is 294 g/mol. The molecule has 0 spiro atoms. The van der Waals surface area contributed by atoms with E-state index in [2.05, 4.69) is 5.92 Å². The summed E-state index contributed by atoms with van der Waals surface area (Å²) in [5.41, 5.74) is 0. The highest BCUT2D eigenvalue weighted by molar-refractivity contribution is 7.86. The smallest absolute Gasteiger partial charge is 0.322 e. The number of nitrogens with zero attached hydrogens (tertiary/aromatic N) is 3. The SMILES string of the molecule is C#CCN1CCN(S(=O)(=O)N2CCCCC2C(=O)O)CC1. The molecule has 21 heavy (non-hydrogen) atoms. The Kier molecular flexibility index (Phi) is 5.22. The van der Waals surface area contributed by atoms with Gasteiger partial charge in [0.25, 0.3) is 10.2 Å². The molecule has 0 aromatic carbocycles. The van der Waals surface area contributed by atoms with Crippen molar-refractivity contribution in [3.05, 3.63) is 0 Å². The van der Waals surface area contributed by atoms with Gasteiger partial charge in [-0.25, -0.2) is 0 Å². The number of aliphatic carboxylic acids is 1. The summed E-state index contributed by atoms with van der Waals surface area (Å²) < 4.78 is 27.8. The number of piperazine rings is 1. The zero-order valence-electron chi connectivity index (χ0n) is 11.9. The molecule has 2 fully saturated rings. The first kappa shape index (κ1) is 16.2. The van der Waals surface area contributed by atoms with Crippen LogP contribution >= 0.6 is 0 Å². The molecule has 2 aliphatic rings. The van der Waals surface area contributed by atoms with E-state index in [1.54, 1.807) is 0 Å². The summed E-state index contributed by atoms with van der Waals surface area (Å²) in [5.74, 6) is 1.48. The predicted octanol–water partition coefficient (Wildman–Crippen LogP) is -0.579. The summed E-state index contributed by atoms with van der Waals surface area (Å²) in [6.45, 7) is 2.66. The van der Waals surface area contributed by atoms with E-state index in [0.717, 1.165) is 10.7 Å². The molecule has 2 aliphatic heterocycles. The molecule has 0 aromatic rings. The first-order chi connectivity index (χ1) is 9.96. The number of rotatable bonds is 4. The Morgan fingerprint density at radius 2 is 1.86 bits per heavy atom. The zero-order valence-corrected chi connectivity index (χ0v) is 12.8.